The topological polar surface area (TPSA) is 54.7 Å². The van der Waals surface area contributed by atoms with Crippen molar-refractivity contribution in [3.63, 3.8) is 0 Å². The summed E-state index contributed by atoms with van der Waals surface area (Å²) in [5.74, 6) is 0. The first-order valence-corrected chi connectivity index (χ1v) is 8.71. The van der Waals surface area contributed by atoms with Crippen LogP contribution >= 0.6 is 11.8 Å². The molecular weight excluding hydrogens is 294 g/mol. The molecule has 6 heteroatoms. The highest BCUT2D eigenvalue weighted by Crippen LogP contribution is 2.15. The van der Waals surface area contributed by atoms with Crippen LogP contribution in [0.1, 0.15) is 5.56 Å². The van der Waals surface area contributed by atoms with Gasteiger partial charge in [-0.2, -0.15) is 5.26 Å². The van der Waals surface area contributed by atoms with Crippen LogP contribution < -0.4 is 5.32 Å². The number of likely N-dealkylation sites (N-methyl/N-ethyl adjacent to an activating group) is 1. The van der Waals surface area contributed by atoms with Crippen LogP contribution in [0.5, 0.6) is 0 Å². The number of piperazine rings is 1. The molecule has 1 fully saturated rings. The molecule has 22 heavy (non-hydrogen) atoms. The van der Waals surface area contributed by atoms with Crippen molar-refractivity contribution in [1.29, 1.82) is 5.26 Å². The molecule has 0 amide bonds. The van der Waals surface area contributed by atoms with Gasteiger partial charge in [0.25, 0.3) is 0 Å². The molecule has 0 radical (unpaired) electrons. The maximum atomic E-state index is 8.64. The van der Waals surface area contributed by atoms with E-state index in [0.717, 1.165) is 44.8 Å². The summed E-state index contributed by atoms with van der Waals surface area (Å²) in [6, 6.07) is 8.27. The third kappa shape index (κ3) is 5.34. The number of nitrogens with zero attached hydrogens (tertiary/aromatic N) is 4. The van der Waals surface area contributed by atoms with E-state index in [-0.39, 0.29) is 0 Å². The van der Waals surface area contributed by atoms with E-state index in [2.05, 4.69) is 39.3 Å². The van der Waals surface area contributed by atoms with Crippen LogP contribution in [-0.2, 0) is 6.42 Å². The molecule has 0 aromatic heterocycles. The van der Waals surface area contributed by atoms with Gasteiger partial charge in [0.1, 0.15) is 0 Å². The van der Waals surface area contributed by atoms with Gasteiger partial charge in [0.05, 0.1) is 5.69 Å². The van der Waals surface area contributed by atoms with Crippen LogP contribution in [-0.4, -0.2) is 61.0 Å². The van der Waals surface area contributed by atoms with Gasteiger partial charge in [-0.25, -0.2) is 4.99 Å². The zero-order valence-corrected chi connectivity index (χ0v) is 14.1. The molecule has 1 aliphatic rings. The van der Waals surface area contributed by atoms with Gasteiger partial charge in [0.2, 0.25) is 0 Å². The predicted octanol–water partition coefficient (Wildman–Crippen LogP) is 1.90. The molecule has 0 atom stereocenters. The quantitative estimate of drug-likeness (QED) is 0.398. The fourth-order valence-electron chi connectivity index (χ4n) is 2.39. The maximum absolute atomic E-state index is 8.64. The summed E-state index contributed by atoms with van der Waals surface area (Å²) >= 11 is 1.43. The van der Waals surface area contributed by atoms with Gasteiger partial charge in [-0.1, -0.05) is 23.9 Å². The summed E-state index contributed by atoms with van der Waals surface area (Å²) < 4.78 is 0. The third-order valence-electron chi connectivity index (χ3n) is 3.84. The van der Waals surface area contributed by atoms with E-state index in [0.29, 0.717) is 5.17 Å². The van der Waals surface area contributed by atoms with Crippen LogP contribution in [0.2, 0.25) is 0 Å². The Morgan fingerprint density at radius 1 is 1.27 bits per heavy atom. The SMILES string of the molecule is CSC(=Nc1ccc(CCN2CCN(C)CC2)cc1)NC#N. The largest absolute Gasteiger partial charge is 0.304 e. The average Bonchev–Trinajstić information content (AvgIpc) is 2.55. The number of nitriles is 1. The molecule has 1 N–H and O–H groups in total. The Morgan fingerprint density at radius 2 is 1.95 bits per heavy atom. The van der Waals surface area contributed by atoms with Crippen LogP contribution in [0, 0.1) is 11.5 Å². The van der Waals surface area contributed by atoms with Crippen LogP contribution in [0.15, 0.2) is 29.3 Å². The van der Waals surface area contributed by atoms with Crippen molar-refractivity contribution >= 4 is 22.6 Å². The summed E-state index contributed by atoms with van der Waals surface area (Å²) in [4.78, 5) is 9.30. The van der Waals surface area contributed by atoms with E-state index in [9.17, 15) is 0 Å². The number of nitrogens with one attached hydrogen (secondary N) is 1. The summed E-state index contributed by atoms with van der Waals surface area (Å²) in [6.07, 6.45) is 4.86. The molecule has 2 rings (SSSR count). The molecule has 1 aromatic rings. The zero-order chi connectivity index (χ0) is 15.8. The van der Waals surface area contributed by atoms with E-state index in [4.69, 9.17) is 5.26 Å². The van der Waals surface area contributed by atoms with E-state index in [1.807, 2.05) is 24.6 Å². The molecule has 0 unspecified atom stereocenters. The van der Waals surface area contributed by atoms with Crippen LogP contribution in [0.3, 0.4) is 0 Å². The maximum Gasteiger partial charge on any atom is 0.183 e. The van der Waals surface area contributed by atoms with E-state index in [1.54, 1.807) is 0 Å². The smallest absolute Gasteiger partial charge is 0.183 e. The second kappa shape index (κ2) is 8.79. The van der Waals surface area contributed by atoms with Crippen molar-refractivity contribution in [2.75, 3.05) is 46.0 Å². The molecule has 0 saturated carbocycles. The van der Waals surface area contributed by atoms with Crippen LogP contribution in [0.25, 0.3) is 0 Å². The molecule has 1 aliphatic heterocycles. The summed E-state index contributed by atoms with van der Waals surface area (Å²) in [5.41, 5.74) is 2.20. The first-order chi connectivity index (χ1) is 10.7. The van der Waals surface area contributed by atoms with Gasteiger partial charge in [-0.3, -0.25) is 5.32 Å². The first kappa shape index (κ1) is 16.8. The molecular formula is C16H23N5S. The second-order valence-corrected chi connectivity index (χ2v) is 6.21. The fourth-order valence-corrected chi connectivity index (χ4v) is 2.73. The third-order valence-corrected chi connectivity index (χ3v) is 4.42. The lowest BCUT2D eigenvalue weighted by Crippen LogP contribution is -2.45. The van der Waals surface area contributed by atoms with Crippen molar-refractivity contribution in [2.24, 2.45) is 4.99 Å². The molecule has 1 saturated heterocycles. The van der Waals surface area contributed by atoms with Gasteiger partial charge in [-0.15, -0.1) is 0 Å². The highest BCUT2D eigenvalue weighted by Gasteiger charge is 2.12. The summed E-state index contributed by atoms with van der Waals surface area (Å²) in [6.45, 7) is 5.77. The number of thioether (sulfide) groups is 1. The Labute approximate surface area is 137 Å². The van der Waals surface area contributed by atoms with Crippen molar-refractivity contribution in [2.45, 2.75) is 6.42 Å². The van der Waals surface area contributed by atoms with Crippen molar-refractivity contribution in [3.8, 4) is 6.19 Å². The molecule has 5 nitrogen and oxygen atoms in total. The summed E-state index contributed by atoms with van der Waals surface area (Å²) in [7, 11) is 2.18. The monoisotopic (exact) mass is 317 g/mol. The molecule has 1 heterocycles. The fraction of sp³-hybridized carbons (Fsp3) is 0.500. The van der Waals surface area contributed by atoms with Crippen molar-refractivity contribution in [3.05, 3.63) is 29.8 Å². The van der Waals surface area contributed by atoms with Crippen molar-refractivity contribution in [1.82, 2.24) is 15.1 Å². The number of benzene rings is 1. The lowest BCUT2D eigenvalue weighted by molar-refractivity contribution is 0.155. The number of aliphatic imine (C=N–C) groups is 1. The van der Waals surface area contributed by atoms with Gasteiger partial charge in [0.15, 0.2) is 11.4 Å². The van der Waals surface area contributed by atoms with Gasteiger partial charge in [0, 0.05) is 32.7 Å². The molecule has 1 aromatic carbocycles. The highest BCUT2D eigenvalue weighted by atomic mass is 32.2. The average molecular weight is 317 g/mol. The zero-order valence-electron chi connectivity index (χ0n) is 13.2. The van der Waals surface area contributed by atoms with E-state index in [1.165, 1.54) is 17.3 Å². The second-order valence-electron chi connectivity index (χ2n) is 5.42. The Morgan fingerprint density at radius 3 is 2.55 bits per heavy atom. The van der Waals surface area contributed by atoms with E-state index < -0.39 is 0 Å². The Kier molecular flexibility index (Phi) is 6.72. The summed E-state index contributed by atoms with van der Waals surface area (Å²) in [5, 5.41) is 11.8. The number of rotatable bonds is 4. The van der Waals surface area contributed by atoms with Gasteiger partial charge < -0.3 is 9.80 Å². The van der Waals surface area contributed by atoms with Gasteiger partial charge >= 0.3 is 0 Å². The molecule has 0 aliphatic carbocycles. The molecule has 0 bridgehead atoms. The standard InChI is InChI=1S/C16H23N5S/c1-20-9-11-21(12-10-20)8-7-14-3-5-15(6-4-14)19-16(22-2)18-13-17/h3-6H,7-12H2,1-2H3,(H,18,19). The van der Waals surface area contributed by atoms with Crippen molar-refractivity contribution < 1.29 is 0 Å². The number of amidine groups is 1. The lowest BCUT2D eigenvalue weighted by Gasteiger charge is -2.32. The van der Waals surface area contributed by atoms with Gasteiger partial charge in [-0.05, 0) is 37.4 Å². The highest BCUT2D eigenvalue weighted by molar-refractivity contribution is 8.13. The normalized spacial score (nSPS) is 17.2. The Bertz CT molecular complexity index is 526. The minimum Gasteiger partial charge on any atom is -0.304 e. The Hall–Kier alpha value is -1.55. The van der Waals surface area contributed by atoms with E-state index >= 15 is 0 Å². The Balaban J connectivity index is 1.85. The minimum absolute atomic E-state index is 0.618. The lowest BCUT2D eigenvalue weighted by atomic mass is 10.1. The predicted molar refractivity (Wildman–Crippen MR) is 93.4 cm³/mol. The number of hydrogen-bond acceptors (Lipinski definition) is 5. The first-order valence-electron chi connectivity index (χ1n) is 7.49. The number of hydrogen-bond donors (Lipinski definition) is 1. The minimum atomic E-state index is 0.618. The molecule has 118 valence electrons. The molecule has 0 spiro atoms. The van der Waals surface area contributed by atoms with Crippen LogP contribution in [0.4, 0.5) is 5.69 Å².